The van der Waals surface area contributed by atoms with Crippen LogP contribution < -0.4 is 9.47 Å². The van der Waals surface area contributed by atoms with E-state index in [-0.39, 0.29) is 17.9 Å². The van der Waals surface area contributed by atoms with Crippen LogP contribution in [0.2, 0.25) is 0 Å². The number of esters is 2. The molecule has 0 spiro atoms. The molecule has 1 aromatic heterocycles. The minimum Gasteiger partial charge on any atom is -0.494 e. The number of ether oxygens (including phenoxy) is 4. The molecular formula is C44H47NO6. The first-order valence-electron chi connectivity index (χ1n) is 17.7. The molecule has 5 aromatic rings. The molecule has 0 amide bonds. The molecule has 0 aliphatic heterocycles. The van der Waals surface area contributed by atoms with E-state index < -0.39 is 0 Å². The van der Waals surface area contributed by atoms with Crippen molar-refractivity contribution in [3.8, 4) is 34.0 Å². The Morgan fingerprint density at radius 3 is 2.04 bits per heavy atom. The molecule has 1 atom stereocenters. The summed E-state index contributed by atoms with van der Waals surface area (Å²) >= 11 is 0. The van der Waals surface area contributed by atoms with Gasteiger partial charge in [-0.3, -0.25) is 4.79 Å². The van der Waals surface area contributed by atoms with E-state index in [0.29, 0.717) is 31.1 Å². The highest BCUT2D eigenvalue weighted by atomic mass is 16.5. The summed E-state index contributed by atoms with van der Waals surface area (Å²) < 4.78 is 22.1. The Balaban J connectivity index is 1.03. The molecule has 0 aliphatic rings. The van der Waals surface area contributed by atoms with Crippen LogP contribution in [0.5, 0.6) is 11.6 Å². The van der Waals surface area contributed by atoms with Gasteiger partial charge in [0.2, 0.25) is 5.88 Å². The Labute approximate surface area is 301 Å². The van der Waals surface area contributed by atoms with Gasteiger partial charge >= 0.3 is 11.9 Å². The number of aryl methyl sites for hydroxylation is 1. The Morgan fingerprint density at radius 2 is 1.31 bits per heavy atom. The Bertz CT molecular complexity index is 1750. The van der Waals surface area contributed by atoms with Crippen molar-refractivity contribution in [1.29, 1.82) is 0 Å². The van der Waals surface area contributed by atoms with Gasteiger partial charge in [-0.1, -0.05) is 104 Å². The third-order valence-electron chi connectivity index (χ3n) is 8.84. The summed E-state index contributed by atoms with van der Waals surface area (Å²) in [5, 5.41) is 0. The summed E-state index contributed by atoms with van der Waals surface area (Å²) in [7, 11) is 2.84. The molecule has 7 nitrogen and oxygen atoms in total. The molecule has 1 heterocycles. The number of aromatic nitrogens is 1. The van der Waals surface area contributed by atoms with Gasteiger partial charge in [0, 0.05) is 11.6 Å². The van der Waals surface area contributed by atoms with Crippen LogP contribution in [0.1, 0.15) is 60.0 Å². The molecule has 4 aromatic carbocycles. The van der Waals surface area contributed by atoms with Gasteiger partial charge in [-0.15, -0.1) is 0 Å². The number of rotatable bonds is 19. The van der Waals surface area contributed by atoms with E-state index in [2.05, 4.69) is 30.3 Å². The van der Waals surface area contributed by atoms with Crippen LogP contribution in [-0.2, 0) is 27.1 Å². The normalized spacial score (nSPS) is 11.4. The van der Waals surface area contributed by atoms with E-state index in [1.807, 2.05) is 84.9 Å². The average Bonchev–Trinajstić information content (AvgIpc) is 3.19. The van der Waals surface area contributed by atoms with Crippen molar-refractivity contribution in [1.82, 2.24) is 4.98 Å². The number of carbonyl (C=O) groups excluding carboxylic acids is 2. The van der Waals surface area contributed by atoms with Gasteiger partial charge in [0.1, 0.15) is 5.75 Å². The lowest BCUT2D eigenvalue weighted by molar-refractivity contribution is -0.145. The van der Waals surface area contributed by atoms with Crippen LogP contribution in [-0.4, -0.2) is 44.4 Å². The van der Waals surface area contributed by atoms with E-state index in [4.69, 9.17) is 23.9 Å². The second-order valence-electron chi connectivity index (χ2n) is 12.6. The zero-order valence-electron chi connectivity index (χ0n) is 29.6. The lowest BCUT2D eigenvalue weighted by Crippen LogP contribution is -2.18. The molecule has 0 radical (unpaired) electrons. The molecule has 7 heteroatoms. The molecule has 0 saturated carbocycles. The number of pyridine rings is 1. The molecule has 0 bridgehead atoms. The van der Waals surface area contributed by atoms with E-state index in [1.54, 1.807) is 6.07 Å². The molecule has 0 saturated heterocycles. The number of unbranched alkanes of at least 4 members (excludes halogenated alkanes) is 3. The van der Waals surface area contributed by atoms with Gasteiger partial charge < -0.3 is 18.9 Å². The van der Waals surface area contributed by atoms with Gasteiger partial charge in [0.05, 0.1) is 44.6 Å². The topological polar surface area (TPSA) is 84.0 Å². The number of nitrogens with zero attached hydrogens (tertiary/aromatic N) is 1. The maximum absolute atomic E-state index is 12.6. The molecule has 51 heavy (non-hydrogen) atoms. The maximum Gasteiger partial charge on any atom is 0.337 e. The first kappa shape index (κ1) is 36.8. The van der Waals surface area contributed by atoms with Crippen molar-refractivity contribution < 1.29 is 28.5 Å². The highest BCUT2D eigenvalue weighted by Gasteiger charge is 2.19. The SMILES string of the molecule is COC(=O)c1cccc(CCCOc2ccc(CC(CCCCCCOc3cc(-c4ccccc4)cc(-c4ccccc4)n3)C(=O)OC)cc2)c1. The molecule has 0 fully saturated rings. The molecular weight excluding hydrogens is 638 g/mol. The monoisotopic (exact) mass is 685 g/mol. The number of methoxy groups -OCH3 is 2. The molecule has 1 unspecified atom stereocenters. The maximum atomic E-state index is 12.6. The number of carbonyl (C=O) groups is 2. The van der Waals surface area contributed by atoms with E-state index in [1.165, 1.54) is 14.2 Å². The second-order valence-corrected chi connectivity index (χ2v) is 12.6. The van der Waals surface area contributed by atoms with E-state index in [9.17, 15) is 9.59 Å². The molecule has 0 aliphatic carbocycles. The van der Waals surface area contributed by atoms with Gasteiger partial charge in [0.15, 0.2) is 0 Å². The van der Waals surface area contributed by atoms with Crippen LogP contribution in [0.25, 0.3) is 22.4 Å². The third kappa shape index (κ3) is 11.6. The predicted octanol–water partition coefficient (Wildman–Crippen LogP) is 9.58. The van der Waals surface area contributed by atoms with Crippen LogP contribution in [0.3, 0.4) is 0 Å². The van der Waals surface area contributed by atoms with Crippen molar-refractivity contribution in [3.05, 3.63) is 138 Å². The first-order valence-corrected chi connectivity index (χ1v) is 17.7. The van der Waals surface area contributed by atoms with Crippen LogP contribution >= 0.6 is 0 Å². The Kier molecular flexibility index (Phi) is 14.2. The fourth-order valence-corrected chi connectivity index (χ4v) is 6.07. The van der Waals surface area contributed by atoms with Gasteiger partial charge in [-0.25, -0.2) is 9.78 Å². The Hall–Kier alpha value is -5.43. The van der Waals surface area contributed by atoms with Crippen molar-refractivity contribution >= 4 is 11.9 Å². The summed E-state index contributed by atoms with van der Waals surface area (Å²) in [6.07, 6.45) is 6.85. The third-order valence-corrected chi connectivity index (χ3v) is 8.84. The summed E-state index contributed by atoms with van der Waals surface area (Å²) in [6.45, 7) is 1.14. The van der Waals surface area contributed by atoms with Crippen LogP contribution in [0.15, 0.2) is 121 Å². The smallest absolute Gasteiger partial charge is 0.337 e. The van der Waals surface area contributed by atoms with Gasteiger partial charge in [-0.2, -0.15) is 0 Å². The lowest BCUT2D eigenvalue weighted by Gasteiger charge is -2.15. The zero-order chi connectivity index (χ0) is 35.7. The fourth-order valence-electron chi connectivity index (χ4n) is 6.07. The summed E-state index contributed by atoms with van der Waals surface area (Å²) in [5.41, 5.74) is 6.84. The average molecular weight is 686 g/mol. The highest BCUT2D eigenvalue weighted by Crippen LogP contribution is 2.29. The van der Waals surface area contributed by atoms with E-state index >= 15 is 0 Å². The van der Waals surface area contributed by atoms with Crippen molar-refractivity contribution in [3.63, 3.8) is 0 Å². The largest absolute Gasteiger partial charge is 0.494 e. The van der Waals surface area contributed by atoms with Crippen molar-refractivity contribution in [2.75, 3.05) is 27.4 Å². The number of hydrogen-bond donors (Lipinski definition) is 0. The second kappa shape index (κ2) is 19.7. The molecule has 264 valence electrons. The quantitative estimate of drug-likeness (QED) is 0.0632. The molecule has 0 N–H and O–H groups in total. The standard InChI is InChI=1S/C44H47NO6/c1-48-43(46)37(30-34-23-25-40(26-24-34)50-28-14-16-33-15-13-22-38(29-33)44(47)49-2)21-7-3-4-12-27-51-42-32-39(35-17-8-5-9-18-35)31-41(45-42)36-19-10-6-11-20-36/h5-6,8-11,13,15,17-20,22-26,29,31-32,37H,3-4,7,12,14,16,21,27-28,30H2,1-2H3. The minimum absolute atomic E-state index is 0.173. The minimum atomic E-state index is -0.332. The van der Waals surface area contributed by atoms with Crippen LogP contribution in [0.4, 0.5) is 0 Å². The van der Waals surface area contributed by atoms with E-state index in [0.717, 1.165) is 84.2 Å². The van der Waals surface area contributed by atoms with Gasteiger partial charge in [-0.05, 0) is 84.7 Å². The number of benzene rings is 4. The highest BCUT2D eigenvalue weighted by molar-refractivity contribution is 5.89. The van der Waals surface area contributed by atoms with Gasteiger partial charge in [0.25, 0.3) is 0 Å². The Morgan fingerprint density at radius 1 is 0.608 bits per heavy atom. The predicted molar refractivity (Wildman–Crippen MR) is 201 cm³/mol. The summed E-state index contributed by atoms with van der Waals surface area (Å²) in [5.74, 6) is 0.715. The lowest BCUT2D eigenvalue weighted by atomic mass is 9.93. The van der Waals surface area contributed by atoms with Crippen molar-refractivity contribution in [2.24, 2.45) is 5.92 Å². The van der Waals surface area contributed by atoms with Crippen LogP contribution in [0, 0.1) is 5.92 Å². The first-order chi connectivity index (χ1) is 25.0. The molecule has 5 rings (SSSR count). The zero-order valence-corrected chi connectivity index (χ0v) is 29.6. The van der Waals surface area contributed by atoms with Crippen molar-refractivity contribution in [2.45, 2.75) is 51.4 Å². The fraction of sp³-hybridized carbons (Fsp3) is 0.295. The summed E-state index contributed by atoms with van der Waals surface area (Å²) in [6, 6.07) is 40.0. The number of hydrogen-bond acceptors (Lipinski definition) is 7. The summed E-state index contributed by atoms with van der Waals surface area (Å²) in [4.78, 5) is 29.2.